The summed E-state index contributed by atoms with van der Waals surface area (Å²) in [6, 6.07) is 7.54. The molecule has 0 radical (unpaired) electrons. The summed E-state index contributed by atoms with van der Waals surface area (Å²) >= 11 is 0. The lowest BCUT2D eigenvalue weighted by Crippen LogP contribution is -2.34. The maximum Gasteiger partial charge on any atom is 0.258 e. The molecule has 0 fully saturated rings. The fourth-order valence-corrected chi connectivity index (χ4v) is 2.31. The molecule has 96 valence electrons. The van der Waals surface area contributed by atoms with Gasteiger partial charge in [0.2, 0.25) is 0 Å². The van der Waals surface area contributed by atoms with Crippen molar-refractivity contribution in [2.45, 2.75) is 20.3 Å². The summed E-state index contributed by atoms with van der Waals surface area (Å²) < 4.78 is 0. The van der Waals surface area contributed by atoms with Crippen molar-refractivity contribution >= 4 is 11.6 Å². The van der Waals surface area contributed by atoms with Gasteiger partial charge < -0.3 is 10.0 Å². The van der Waals surface area contributed by atoms with Crippen molar-refractivity contribution in [3.63, 3.8) is 0 Å². The molecule has 1 aliphatic rings. The first-order valence-electron chi connectivity index (χ1n) is 6.17. The summed E-state index contributed by atoms with van der Waals surface area (Å²) in [4.78, 5) is 14.0. The van der Waals surface area contributed by atoms with Crippen LogP contribution in [0.2, 0.25) is 0 Å². The molecular formula is C15H19NO2. The number of aliphatic hydroxyl groups is 1. The van der Waals surface area contributed by atoms with Gasteiger partial charge in [-0.25, -0.2) is 0 Å². The topological polar surface area (TPSA) is 40.5 Å². The molecule has 0 saturated heterocycles. The van der Waals surface area contributed by atoms with E-state index in [0.29, 0.717) is 13.0 Å². The number of amides is 1. The third-order valence-electron chi connectivity index (χ3n) is 3.41. The molecule has 3 nitrogen and oxygen atoms in total. The highest BCUT2D eigenvalue weighted by molar-refractivity contribution is 6.08. The van der Waals surface area contributed by atoms with Gasteiger partial charge in [-0.15, -0.1) is 0 Å². The molecule has 1 aliphatic heterocycles. The lowest BCUT2D eigenvalue weighted by molar-refractivity contribution is 0.0786. The summed E-state index contributed by atoms with van der Waals surface area (Å²) in [7, 11) is 0. The van der Waals surface area contributed by atoms with Crippen molar-refractivity contribution in [3.8, 4) is 0 Å². The Morgan fingerprint density at radius 1 is 1.28 bits per heavy atom. The number of hydrogen-bond donors (Lipinski definition) is 1. The minimum atomic E-state index is -0.116. The predicted octanol–water partition coefficient (Wildman–Crippen LogP) is 2.52. The van der Waals surface area contributed by atoms with Crippen molar-refractivity contribution in [1.82, 2.24) is 4.90 Å². The van der Waals surface area contributed by atoms with Crippen LogP contribution >= 0.6 is 0 Å². The highest BCUT2D eigenvalue weighted by atomic mass is 16.3. The second kappa shape index (κ2) is 4.58. The number of carbonyl (C=O) groups excluding carboxylic acids is 1. The zero-order chi connectivity index (χ0) is 13.3. The standard InChI is InChI=1S/C15H19NO2/c1-11-12-6-4-5-7-13(12)14(18)16(11)10-15(2,3)8-9-17/h4-7,17H,1,8-10H2,2-3H3. The molecule has 0 spiro atoms. The molecule has 1 aromatic rings. The maximum absolute atomic E-state index is 12.3. The first-order valence-corrected chi connectivity index (χ1v) is 6.17. The van der Waals surface area contributed by atoms with Crippen LogP contribution in [0, 0.1) is 5.41 Å². The largest absolute Gasteiger partial charge is 0.396 e. The average Bonchev–Trinajstić information content (AvgIpc) is 2.55. The molecule has 2 rings (SSSR count). The quantitative estimate of drug-likeness (QED) is 0.885. The molecule has 1 aromatic carbocycles. The van der Waals surface area contributed by atoms with Crippen molar-refractivity contribution in [2.75, 3.05) is 13.2 Å². The Kier molecular flexibility index (Phi) is 3.26. The van der Waals surface area contributed by atoms with Crippen LogP contribution in [0.5, 0.6) is 0 Å². The maximum atomic E-state index is 12.3. The number of nitrogens with zero attached hydrogens (tertiary/aromatic N) is 1. The Balaban J connectivity index is 2.24. The van der Waals surface area contributed by atoms with E-state index in [9.17, 15) is 4.79 Å². The van der Waals surface area contributed by atoms with Gasteiger partial charge in [-0.1, -0.05) is 38.6 Å². The molecule has 0 unspecified atom stereocenters. The molecule has 1 N–H and O–H groups in total. The van der Waals surface area contributed by atoms with Gasteiger partial charge >= 0.3 is 0 Å². The van der Waals surface area contributed by atoms with E-state index < -0.39 is 0 Å². The normalized spacial score (nSPS) is 15.2. The van der Waals surface area contributed by atoms with E-state index in [0.717, 1.165) is 16.8 Å². The number of rotatable bonds is 4. The molecule has 18 heavy (non-hydrogen) atoms. The number of fused-ring (bicyclic) bond motifs is 1. The fourth-order valence-electron chi connectivity index (χ4n) is 2.31. The van der Waals surface area contributed by atoms with Crippen LogP contribution in [0.1, 0.15) is 36.2 Å². The highest BCUT2D eigenvalue weighted by Crippen LogP contribution is 2.34. The van der Waals surface area contributed by atoms with Crippen molar-refractivity contribution in [1.29, 1.82) is 0 Å². The van der Waals surface area contributed by atoms with Crippen LogP contribution in [-0.4, -0.2) is 29.1 Å². The second-order valence-corrected chi connectivity index (χ2v) is 5.52. The smallest absolute Gasteiger partial charge is 0.258 e. The molecule has 3 heteroatoms. The average molecular weight is 245 g/mol. The molecule has 0 aliphatic carbocycles. The van der Waals surface area contributed by atoms with E-state index in [1.807, 2.05) is 38.1 Å². The number of benzene rings is 1. The van der Waals surface area contributed by atoms with Gasteiger partial charge in [0.05, 0.1) is 0 Å². The van der Waals surface area contributed by atoms with E-state index >= 15 is 0 Å². The molecule has 0 atom stereocenters. The van der Waals surface area contributed by atoms with Crippen LogP contribution in [0.3, 0.4) is 0 Å². The van der Waals surface area contributed by atoms with E-state index in [2.05, 4.69) is 6.58 Å². The first-order chi connectivity index (χ1) is 8.46. The number of hydrogen-bond acceptors (Lipinski definition) is 2. The monoisotopic (exact) mass is 245 g/mol. The van der Waals surface area contributed by atoms with Crippen molar-refractivity contribution in [2.24, 2.45) is 5.41 Å². The van der Waals surface area contributed by atoms with Gasteiger partial charge in [0.1, 0.15) is 0 Å². The Labute approximate surface area is 108 Å². The molecule has 0 bridgehead atoms. The third-order valence-corrected chi connectivity index (χ3v) is 3.41. The summed E-state index contributed by atoms with van der Waals surface area (Å²) in [5, 5.41) is 9.06. The van der Waals surface area contributed by atoms with Gasteiger partial charge in [0.25, 0.3) is 5.91 Å². The van der Waals surface area contributed by atoms with E-state index in [-0.39, 0.29) is 17.9 Å². The second-order valence-electron chi connectivity index (χ2n) is 5.52. The lowest BCUT2D eigenvalue weighted by atomic mass is 9.89. The van der Waals surface area contributed by atoms with Crippen LogP contribution in [-0.2, 0) is 0 Å². The minimum Gasteiger partial charge on any atom is -0.396 e. The van der Waals surface area contributed by atoms with Crippen LogP contribution in [0.25, 0.3) is 5.70 Å². The molecule has 0 saturated carbocycles. The minimum absolute atomic E-state index is 0.0154. The van der Waals surface area contributed by atoms with Crippen LogP contribution in [0.15, 0.2) is 30.8 Å². The fraction of sp³-hybridized carbons (Fsp3) is 0.400. The summed E-state index contributed by atoms with van der Waals surface area (Å²) in [5.41, 5.74) is 2.29. The lowest BCUT2D eigenvalue weighted by Gasteiger charge is -2.30. The van der Waals surface area contributed by atoms with Crippen LogP contribution < -0.4 is 0 Å². The van der Waals surface area contributed by atoms with Crippen molar-refractivity contribution < 1.29 is 9.90 Å². The first kappa shape index (κ1) is 12.8. The van der Waals surface area contributed by atoms with Gasteiger partial charge in [-0.05, 0) is 17.9 Å². The van der Waals surface area contributed by atoms with Gasteiger partial charge in [0.15, 0.2) is 0 Å². The summed E-state index contributed by atoms with van der Waals surface area (Å²) in [6.07, 6.45) is 0.667. The zero-order valence-electron chi connectivity index (χ0n) is 10.9. The Morgan fingerprint density at radius 3 is 2.44 bits per heavy atom. The predicted molar refractivity (Wildman–Crippen MR) is 72.0 cm³/mol. The van der Waals surface area contributed by atoms with Crippen LogP contribution in [0.4, 0.5) is 0 Å². The summed E-state index contributed by atoms with van der Waals surface area (Å²) in [6.45, 7) is 8.83. The molecular weight excluding hydrogens is 226 g/mol. The van der Waals surface area contributed by atoms with E-state index in [1.54, 1.807) is 4.90 Å². The number of aliphatic hydroxyl groups excluding tert-OH is 1. The highest BCUT2D eigenvalue weighted by Gasteiger charge is 2.34. The number of carbonyl (C=O) groups is 1. The van der Waals surface area contributed by atoms with Gasteiger partial charge in [0, 0.05) is 30.0 Å². The Hall–Kier alpha value is -1.61. The Morgan fingerprint density at radius 2 is 1.89 bits per heavy atom. The van der Waals surface area contributed by atoms with E-state index in [1.165, 1.54) is 0 Å². The zero-order valence-corrected chi connectivity index (χ0v) is 10.9. The van der Waals surface area contributed by atoms with E-state index in [4.69, 9.17) is 5.11 Å². The Bertz CT molecular complexity index is 456. The third kappa shape index (κ3) is 2.18. The molecule has 0 aromatic heterocycles. The summed E-state index contributed by atoms with van der Waals surface area (Å²) in [5.74, 6) is 0.0154. The van der Waals surface area contributed by atoms with Gasteiger partial charge in [-0.2, -0.15) is 0 Å². The van der Waals surface area contributed by atoms with Gasteiger partial charge in [-0.3, -0.25) is 4.79 Å². The molecule has 1 heterocycles. The SMILES string of the molecule is C=C1c2ccccc2C(=O)N1CC(C)(C)CCO. The van der Waals surface area contributed by atoms with Crippen molar-refractivity contribution in [3.05, 3.63) is 42.0 Å². The molecule has 1 amide bonds.